The van der Waals surface area contributed by atoms with Crippen LogP contribution in [0, 0.1) is 0 Å². The van der Waals surface area contributed by atoms with E-state index in [1.54, 1.807) is 6.08 Å². The van der Waals surface area contributed by atoms with E-state index in [0.29, 0.717) is 6.61 Å². The molecule has 0 aliphatic rings. The Bertz CT molecular complexity index is 206. The van der Waals surface area contributed by atoms with Crippen molar-refractivity contribution in [3.8, 4) is 0 Å². The molecule has 88 valence electrons. The van der Waals surface area contributed by atoms with Crippen LogP contribution < -0.4 is 0 Å². The van der Waals surface area contributed by atoms with E-state index >= 15 is 0 Å². The van der Waals surface area contributed by atoms with E-state index in [-0.39, 0.29) is 5.97 Å². The van der Waals surface area contributed by atoms with Crippen molar-refractivity contribution in [2.24, 2.45) is 0 Å². The smallest absolute Gasteiger partial charge is 0.332 e. The molecule has 0 spiro atoms. The first-order chi connectivity index (χ1) is 7.15. The third-order valence-electron chi connectivity index (χ3n) is 2.10. The summed E-state index contributed by atoms with van der Waals surface area (Å²) in [6.45, 7) is 10.5. The molecule has 15 heavy (non-hydrogen) atoms. The molecule has 0 saturated heterocycles. The average molecular weight is 213 g/mol. The Morgan fingerprint density at radius 1 is 1.20 bits per heavy atom. The van der Waals surface area contributed by atoms with Gasteiger partial charge in [0.25, 0.3) is 0 Å². The predicted molar refractivity (Wildman–Crippen MR) is 62.5 cm³/mol. The number of hydrogen-bond acceptors (Lipinski definition) is 3. The lowest BCUT2D eigenvalue weighted by Gasteiger charge is -2.24. The molecule has 0 aliphatic heterocycles. The van der Waals surface area contributed by atoms with Gasteiger partial charge in [-0.1, -0.05) is 13.8 Å². The van der Waals surface area contributed by atoms with Crippen LogP contribution in [-0.2, 0) is 9.53 Å². The minimum atomic E-state index is -0.243. The second-order valence-electron chi connectivity index (χ2n) is 3.52. The summed E-state index contributed by atoms with van der Waals surface area (Å²) in [5.41, 5.74) is 0.997. The molecule has 0 bridgehead atoms. The van der Waals surface area contributed by atoms with Gasteiger partial charge >= 0.3 is 5.97 Å². The second-order valence-corrected chi connectivity index (χ2v) is 3.52. The van der Waals surface area contributed by atoms with Crippen molar-refractivity contribution in [1.82, 2.24) is 4.90 Å². The highest BCUT2D eigenvalue weighted by Gasteiger charge is 2.05. The van der Waals surface area contributed by atoms with Crippen molar-refractivity contribution < 1.29 is 9.53 Å². The SMILES string of the molecule is CCCN(CCC)/C(C)=C/C(=O)OCC. The molecule has 0 aromatic carbocycles. The van der Waals surface area contributed by atoms with Gasteiger partial charge in [-0.05, 0) is 26.7 Å². The van der Waals surface area contributed by atoms with Gasteiger partial charge in [-0.15, -0.1) is 0 Å². The maximum atomic E-state index is 11.2. The van der Waals surface area contributed by atoms with Crippen LogP contribution >= 0.6 is 0 Å². The summed E-state index contributed by atoms with van der Waals surface area (Å²) in [4.78, 5) is 13.5. The summed E-state index contributed by atoms with van der Waals surface area (Å²) in [5, 5.41) is 0. The van der Waals surface area contributed by atoms with Crippen molar-refractivity contribution in [2.75, 3.05) is 19.7 Å². The highest BCUT2D eigenvalue weighted by Crippen LogP contribution is 2.05. The first-order valence-corrected chi connectivity index (χ1v) is 5.75. The lowest BCUT2D eigenvalue weighted by molar-refractivity contribution is -0.137. The summed E-state index contributed by atoms with van der Waals surface area (Å²) < 4.78 is 4.88. The zero-order valence-corrected chi connectivity index (χ0v) is 10.4. The molecule has 0 N–H and O–H groups in total. The monoisotopic (exact) mass is 213 g/mol. The third-order valence-corrected chi connectivity index (χ3v) is 2.10. The molecule has 0 fully saturated rings. The predicted octanol–water partition coefficient (Wildman–Crippen LogP) is 2.58. The van der Waals surface area contributed by atoms with E-state index in [4.69, 9.17) is 4.74 Å². The second kappa shape index (κ2) is 8.33. The quantitative estimate of drug-likeness (QED) is 0.481. The number of rotatable bonds is 7. The van der Waals surface area contributed by atoms with Gasteiger partial charge in [0.2, 0.25) is 0 Å². The van der Waals surface area contributed by atoms with E-state index < -0.39 is 0 Å². The molecular weight excluding hydrogens is 190 g/mol. The van der Waals surface area contributed by atoms with Crippen LogP contribution in [0.3, 0.4) is 0 Å². The molecule has 0 aromatic rings. The van der Waals surface area contributed by atoms with Crippen LogP contribution in [0.2, 0.25) is 0 Å². The molecule has 0 heterocycles. The van der Waals surface area contributed by atoms with E-state index in [1.807, 2.05) is 13.8 Å². The Morgan fingerprint density at radius 2 is 1.73 bits per heavy atom. The summed E-state index contributed by atoms with van der Waals surface area (Å²) in [7, 11) is 0. The first-order valence-electron chi connectivity index (χ1n) is 5.75. The van der Waals surface area contributed by atoms with E-state index in [9.17, 15) is 4.79 Å². The maximum Gasteiger partial charge on any atom is 0.332 e. The fraction of sp³-hybridized carbons (Fsp3) is 0.750. The number of ether oxygens (including phenoxy) is 1. The van der Waals surface area contributed by atoms with Crippen LogP contribution in [0.4, 0.5) is 0 Å². The highest BCUT2D eigenvalue weighted by atomic mass is 16.5. The van der Waals surface area contributed by atoms with Crippen LogP contribution in [0.25, 0.3) is 0 Å². The van der Waals surface area contributed by atoms with E-state index in [1.165, 1.54) is 0 Å². The Morgan fingerprint density at radius 3 is 2.13 bits per heavy atom. The minimum Gasteiger partial charge on any atom is -0.463 e. The molecule has 3 nitrogen and oxygen atoms in total. The van der Waals surface area contributed by atoms with Crippen molar-refractivity contribution in [3.05, 3.63) is 11.8 Å². The van der Waals surface area contributed by atoms with Gasteiger partial charge in [-0.3, -0.25) is 0 Å². The topological polar surface area (TPSA) is 29.5 Å². The summed E-state index contributed by atoms with van der Waals surface area (Å²) >= 11 is 0. The number of carbonyl (C=O) groups excluding carboxylic acids is 1. The largest absolute Gasteiger partial charge is 0.463 e. The average Bonchev–Trinajstić information content (AvgIpc) is 2.17. The molecule has 0 rings (SSSR count). The molecular formula is C12H23NO2. The lowest BCUT2D eigenvalue weighted by atomic mass is 10.3. The van der Waals surface area contributed by atoms with Crippen molar-refractivity contribution in [2.45, 2.75) is 40.5 Å². The highest BCUT2D eigenvalue weighted by molar-refractivity contribution is 5.82. The lowest BCUT2D eigenvalue weighted by Crippen LogP contribution is -2.24. The normalized spacial score (nSPS) is 11.3. The zero-order valence-electron chi connectivity index (χ0n) is 10.4. The number of nitrogens with zero attached hydrogens (tertiary/aromatic N) is 1. The molecule has 0 aliphatic carbocycles. The van der Waals surface area contributed by atoms with Gasteiger partial charge in [-0.25, -0.2) is 4.79 Å². The number of allylic oxidation sites excluding steroid dienone is 1. The summed E-state index contributed by atoms with van der Waals surface area (Å²) in [5.74, 6) is -0.243. The molecule has 3 heteroatoms. The fourth-order valence-electron chi connectivity index (χ4n) is 1.45. The number of esters is 1. The standard InChI is InChI=1S/C12H23NO2/c1-5-8-13(9-6-2)11(4)10-12(14)15-7-3/h10H,5-9H2,1-4H3/b11-10+. The Kier molecular flexibility index (Phi) is 7.78. The van der Waals surface area contributed by atoms with Gasteiger partial charge in [0.1, 0.15) is 0 Å². The van der Waals surface area contributed by atoms with Crippen LogP contribution in [0.1, 0.15) is 40.5 Å². The molecule has 0 unspecified atom stereocenters. The van der Waals surface area contributed by atoms with Crippen molar-refractivity contribution >= 4 is 5.97 Å². The number of hydrogen-bond donors (Lipinski definition) is 0. The molecule has 0 radical (unpaired) electrons. The third kappa shape index (κ3) is 6.15. The first kappa shape index (κ1) is 14.0. The van der Waals surface area contributed by atoms with Crippen molar-refractivity contribution in [3.63, 3.8) is 0 Å². The Labute approximate surface area is 93.1 Å². The van der Waals surface area contributed by atoms with Gasteiger partial charge < -0.3 is 9.64 Å². The van der Waals surface area contributed by atoms with Crippen LogP contribution in [0.5, 0.6) is 0 Å². The maximum absolute atomic E-state index is 11.2. The van der Waals surface area contributed by atoms with Gasteiger partial charge in [0.05, 0.1) is 6.61 Å². The number of carbonyl (C=O) groups is 1. The van der Waals surface area contributed by atoms with Gasteiger partial charge in [0, 0.05) is 24.9 Å². The van der Waals surface area contributed by atoms with Crippen LogP contribution in [-0.4, -0.2) is 30.6 Å². The summed E-state index contributed by atoms with van der Waals surface area (Å²) in [6, 6.07) is 0. The van der Waals surface area contributed by atoms with Gasteiger partial charge in [-0.2, -0.15) is 0 Å². The molecule has 0 atom stereocenters. The zero-order chi connectivity index (χ0) is 11.7. The Hall–Kier alpha value is -0.990. The fourth-order valence-corrected chi connectivity index (χ4v) is 1.45. The van der Waals surface area contributed by atoms with E-state index in [2.05, 4.69) is 18.7 Å². The van der Waals surface area contributed by atoms with Crippen LogP contribution in [0.15, 0.2) is 11.8 Å². The Balaban J connectivity index is 4.32. The molecule has 0 saturated carbocycles. The summed E-state index contributed by atoms with van der Waals surface area (Å²) in [6.07, 6.45) is 3.76. The van der Waals surface area contributed by atoms with Gasteiger partial charge in [0.15, 0.2) is 0 Å². The molecule has 0 amide bonds. The molecule has 0 aromatic heterocycles. The van der Waals surface area contributed by atoms with Crippen molar-refractivity contribution in [1.29, 1.82) is 0 Å². The minimum absolute atomic E-state index is 0.243. The van der Waals surface area contributed by atoms with E-state index in [0.717, 1.165) is 31.6 Å².